The van der Waals surface area contributed by atoms with Crippen molar-refractivity contribution in [3.8, 4) is 0 Å². The van der Waals surface area contributed by atoms with E-state index in [-0.39, 0.29) is 0 Å². The van der Waals surface area contributed by atoms with E-state index in [0.717, 1.165) is 5.69 Å². The molecule has 0 N–H and O–H groups in total. The van der Waals surface area contributed by atoms with E-state index in [9.17, 15) is 0 Å². The summed E-state index contributed by atoms with van der Waals surface area (Å²) >= 11 is 1.87. The van der Waals surface area contributed by atoms with Crippen LogP contribution in [0.15, 0.2) is 140 Å². The molecule has 0 unspecified atom stereocenters. The van der Waals surface area contributed by atoms with Crippen LogP contribution in [0.3, 0.4) is 0 Å². The summed E-state index contributed by atoms with van der Waals surface area (Å²) in [6, 6.07) is 50.8. The molecule has 0 radical (unpaired) electrons. The molecule has 0 bridgehead atoms. The van der Waals surface area contributed by atoms with Gasteiger partial charge in [0.15, 0.2) is 0 Å². The Kier molecular flexibility index (Phi) is 4.76. The Hall–Kier alpha value is -4.66. The molecule has 7 aromatic carbocycles. The van der Waals surface area contributed by atoms with Crippen LogP contribution in [0, 0.1) is 0 Å². The smallest absolute Gasteiger partial charge is 0.0546 e. The highest BCUT2D eigenvalue weighted by Gasteiger charge is 2.18. The van der Waals surface area contributed by atoms with Crippen molar-refractivity contribution in [2.45, 2.75) is 0 Å². The summed E-state index contributed by atoms with van der Waals surface area (Å²) in [6.07, 6.45) is 0. The van der Waals surface area contributed by atoms with Gasteiger partial charge in [0.1, 0.15) is 0 Å². The Morgan fingerprint density at radius 3 is 1.92 bits per heavy atom. The minimum Gasteiger partial charge on any atom is -0.310 e. The number of thiophene rings is 1. The van der Waals surface area contributed by atoms with Gasteiger partial charge in [-0.2, -0.15) is 0 Å². The standard InChI is InChI=1S/C36H23NS/c1-2-11-27(12-3-1)37(28-21-22-31-30-14-6-7-16-33(30)38-34(31)23-28)32-15-8-10-25-19-20-26-18-17-24-9-4-5-13-29(24)35(26)36(25)32/h1-23H. The number of anilines is 3. The first-order chi connectivity index (χ1) is 18.8. The van der Waals surface area contributed by atoms with Gasteiger partial charge in [-0.25, -0.2) is 0 Å². The van der Waals surface area contributed by atoms with Crippen molar-refractivity contribution >= 4 is 80.9 Å². The molecule has 0 saturated carbocycles. The first-order valence-electron chi connectivity index (χ1n) is 12.9. The summed E-state index contributed by atoms with van der Waals surface area (Å²) in [5.74, 6) is 0. The zero-order chi connectivity index (χ0) is 25.1. The fourth-order valence-corrected chi connectivity index (χ4v) is 7.04. The van der Waals surface area contributed by atoms with Gasteiger partial charge in [0.05, 0.1) is 5.69 Å². The molecule has 8 rings (SSSR count). The molecule has 38 heavy (non-hydrogen) atoms. The minimum atomic E-state index is 1.15. The molecule has 0 fully saturated rings. The van der Waals surface area contributed by atoms with Crippen molar-refractivity contribution < 1.29 is 0 Å². The third-order valence-corrected chi connectivity index (χ3v) is 8.74. The Bertz CT molecular complexity index is 2130. The number of benzene rings is 7. The third kappa shape index (κ3) is 3.24. The van der Waals surface area contributed by atoms with Crippen LogP contribution in [0.4, 0.5) is 17.1 Å². The second kappa shape index (κ2) is 8.44. The lowest BCUT2D eigenvalue weighted by Crippen LogP contribution is -2.10. The predicted molar refractivity (Wildman–Crippen MR) is 167 cm³/mol. The average Bonchev–Trinajstić information content (AvgIpc) is 3.35. The van der Waals surface area contributed by atoms with Crippen LogP contribution in [-0.4, -0.2) is 0 Å². The van der Waals surface area contributed by atoms with Crippen molar-refractivity contribution in [1.82, 2.24) is 0 Å². The van der Waals surface area contributed by atoms with Gasteiger partial charge in [-0.1, -0.05) is 103 Å². The van der Waals surface area contributed by atoms with Crippen molar-refractivity contribution in [1.29, 1.82) is 0 Å². The number of fused-ring (bicyclic) bond motifs is 8. The monoisotopic (exact) mass is 501 g/mol. The van der Waals surface area contributed by atoms with E-state index in [2.05, 4.69) is 144 Å². The maximum absolute atomic E-state index is 2.42. The van der Waals surface area contributed by atoms with Crippen molar-refractivity contribution in [2.24, 2.45) is 0 Å². The maximum Gasteiger partial charge on any atom is 0.0546 e. The molecule has 8 aromatic rings. The lowest BCUT2D eigenvalue weighted by atomic mass is 9.95. The molecule has 0 atom stereocenters. The maximum atomic E-state index is 2.42. The molecular weight excluding hydrogens is 478 g/mol. The molecule has 0 aliphatic rings. The van der Waals surface area contributed by atoms with Crippen LogP contribution >= 0.6 is 11.3 Å². The second-order valence-corrected chi connectivity index (χ2v) is 10.9. The number of nitrogens with zero attached hydrogens (tertiary/aromatic N) is 1. The number of hydrogen-bond donors (Lipinski definition) is 0. The molecule has 0 amide bonds. The number of para-hydroxylation sites is 1. The fourth-order valence-electron chi connectivity index (χ4n) is 5.90. The molecule has 0 aliphatic heterocycles. The van der Waals surface area contributed by atoms with E-state index in [1.54, 1.807) is 0 Å². The molecule has 178 valence electrons. The fraction of sp³-hybridized carbons (Fsp3) is 0. The van der Waals surface area contributed by atoms with E-state index in [4.69, 9.17) is 0 Å². The Morgan fingerprint density at radius 1 is 0.395 bits per heavy atom. The lowest BCUT2D eigenvalue weighted by molar-refractivity contribution is 1.31. The largest absolute Gasteiger partial charge is 0.310 e. The van der Waals surface area contributed by atoms with Gasteiger partial charge in [-0.3, -0.25) is 0 Å². The van der Waals surface area contributed by atoms with Crippen LogP contribution in [0.2, 0.25) is 0 Å². The van der Waals surface area contributed by atoms with Crippen molar-refractivity contribution in [3.63, 3.8) is 0 Å². The highest BCUT2D eigenvalue weighted by atomic mass is 32.1. The van der Waals surface area contributed by atoms with Gasteiger partial charge >= 0.3 is 0 Å². The normalized spacial score (nSPS) is 11.7. The van der Waals surface area contributed by atoms with Gasteiger partial charge in [-0.15, -0.1) is 11.3 Å². The van der Waals surface area contributed by atoms with Crippen molar-refractivity contribution in [2.75, 3.05) is 4.90 Å². The Labute approximate surface area is 224 Å². The summed E-state index contributed by atoms with van der Waals surface area (Å²) in [4.78, 5) is 2.42. The van der Waals surface area contributed by atoms with Gasteiger partial charge in [-0.05, 0) is 63.3 Å². The van der Waals surface area contributed by atoms with Crippen LogP contribution in [0.5, 0.6) is 0 Å². The van der Waals surface area contributed by atoms with Crippen LogP contribution in [0.25, 0.3) is 52.5 Å². The Morgan fingerprint density at radius 2 is 1.05 bits per heavy atom. The Balaban J connectivity index is 1.48. The topological polar surface area (TPSA) is 3.24 Å². The van der Waals surface area contributed by atoms with E-state index < -0.39 is 0 Å². The first kappa shape index (κ1) is 21.4. The van der Waals surface area contributed by atoms with Crippen LogP contribution < -0.4 is 4.90 Å². The van der Waals surface area contributed by atoms with Crippen LogP contribution in [-0.2, 0) is 0 Å². The highest BCUT2D eigenvalue weighted by Crippen LogP contribution is 2.45. The van der Waals surface area contributed by atoms with Gasteiger partial charge in [0.2, 0.25) is 0 Å². The van der Waals surface area contributed by atoms with E-state index in [1.165, 1.54) is 63.9 Å². The zero-order valence-corrected chi connectivity index (χ0v) is 21.5. The molecule has 0 aliphatic carbocycles. The summed E-state index contributed by atoms with van der Waals surface area (Å²) in [5, 5.41) is 10.3. The van der Waals surface area contributed by atoms with Gasteiger partial charge in [0.25, 0.3) is 0 Å². The third-order valence-electron chi connectivity index (χ3n) is 7.60. The molecule has 2 heteroatoms. The number of hydrogen-bond acceptors (Lipinski definition) is 2. The lowest BCUT2D eigenvalue weighted by Gasteiger charge is -2.27. The molecule has 1 aromatic heterocycles. The molecular formula is C36H23NS. The van der Waals surface area contributed by atoms with E-state index in [1.807, 2.05) is 11.3 Å². The highest BCUT2D eigenvalue weighted by molar-refractivity contribution is 7.25. The quantitative estimate of drug-likeness (QED) is 0.218. The molecule has 0 saturated heterocycles. The predicted octanol–water partition coefficient (Wildman–Crippen LogP) is 11.0. The van der Waals surface area contributed by atoms with Gasteiger partial charge in [0, 0.05) is 36.9 Å². The van der Waals surface area contributed by atoms with E-state index in [0.29, 0.717) is 0 Å². The summed E-state index contributed by atoms with van der Waals surface area (Å²) in [6.45, 7) is 0. The summed E-state index contributed by atoms with van der Waals surface area (Å²) in [5.41, 5.74) is 3.51. The van der Waals surface area contributed by atoms with Crippen molar-refractivity contribution in [3.05, 3.63) is 140 Å². The summed E-state index contributed by atoms with van der Waals surface area (Å²) < 4.78 is 2.63. The second-order valence-electron chi connectivity index (χ2n) is 9.78. The molecule has 0 spiro atoms. The molecule has 1 nitrogen and oxygen atoms in total. The zero-order valence-electron chi connectivity index (χ0n) is 20.6. The van der Waals surface area contributed by atoms with Crippen LogP contribution in [0.1, 0.15) is 0 Å². The first-order valence-corrected chi connectivity index (χ1v) is 13.8. The number of rotatable bonds is 3. The minimum absolute atomic E-state index is 1.15. The molecule has 1 heterocycles. The summed E-state index contributed by atoms with van der Waals surface area (Å²) in [7, 11) is 0. The SMILES string of the molecule is c1ccc(N(c2ccc3c(c2)sc2ccccc23)c2cccc3ccc4ccc5ccccc5c4c23)cc1. The van der Waals surface area contributed by atoms with E-state index >= 15 is 0 Å². The van der Waals surface area contributed by atoms with Gasteiger partial charge < -0.3 is 4.90 Å². The average molecular weight is 502 g/mol.